The number of rotatable bonds is 4. The monoisotopic (exact) mass is 282 g/mol. The average Bonchev–Trinajstić information content (AvgIpc) is 2.84. The van der Waals surface area contributed by atoms with Crippen LogP contribution in [0.3, 0.4) is 0 Å². The third-order valence-corrected chi connectivity index (χ3v) is 3.48. The highest BCUT2D eigenvalue weighted by Crippen LogP contribution is 2.24. The van der Waals surface area contributed by atoms with Crippen LogP contribution >= 0.6 is 0 Å². The van der Waals surface area contributed by atoms with Crippen molar-refractivity contribution < 1.29 is 4.79 Å². The molecule has 5 nitrogen and oxygen atoms in total. The number of hydrogen-bond donors (Lipinski definition) is 2. The maximum atomic E-state index is 12.2. The predicted octanol–water partition coefficient (Wildman–Crippen LogP) is 2.01. The molecule has 0 unspecified atom stereocenters. The van der Waals surface area contributed by atoms with Crippen LogP contribution in [0.1, 0.15) is 10.4 Å². The maximum Gasteiger partial charge on any atom is 0.251 e. The normalized spacial score (nSPS) is 11.4. The van der Waals surface area contributed by atoms with Gasteiger partial charge in [0.2, 0.25) is 0 Å². The van der Waals surface area contributed by atoms with E-state index >= 15 is 0 Å². The molecule has 1 aromatic carbocycles. The van der Waals surface area contributed by atoms with Gasteiger partial charge < -0.3 is 15.2 Å². The average molecular weight is 282 g/mol. The fourth-order valence-electron chi connectivity index (χ4n) is 2.36. The predicted molar refractivity (Wildman–Crippen MR) is 84.5 cm³/mol. The van der Waals surface area contributed by atoms with E-state index in [1.807, 2.05) is 49.3 Å². The summed E-state index contributed by atoms with van der Waals surface area (Å²) in [5.74, 6) is -0.0445. The van der Waals surface area contributed by atoms with Gasteiger partial charge in [0.05, 0.1) is 0 Å². The number of hydrogen-bond acceptors (Lipinski definition) is 3. The minimum absolute atomic E-state index is 0.0445. The Balaban J connectivity index is 1.89. The molecule has 0 saturated heterocycles. The largest absolute Gasteiger partial charge is 0.351 e. The van der Waals surface area contributed by atoms with Gasteiger partial charge in [-0.05, 0) is 44.4 Å². The molecule has 0 spiro atoms. The number of amides is 1. The van der Waals surface area contributed by atoms with Crippen molar-refractivity contribution in [3.05, 3.63) is 42.1 Å². The summed E-state index contributed by atoms with van der Waals surface area (Å²) in [6, 6.07) is 9.59. The van der Waals surface area contributed by atoms with Gasteiger partial charge in [-0.2, -0.15) is 0 Å². The first-order valence-electron chi connectivity index (χ1n) is 6.94. The Labute approximate surface area is 123 Å². The van der Waals surface area contributed by atoms with Gasteiger partial charge >= 0.3 is 0 Å². The number of aromatic amines is 1. The Bertz CT molecular complexity index is 791. The Kier molecular flexibility index (Phi) is 3.58. The van der Waals surface area contributed by atoms with Crippen LogP contribution < -0.4 is 5.32 Å². The summed E-state index contributed by atoms with van der Waals surface area (Å²) in [5, 5.41) is 4.99. The number of pyridine rings is 1. The minimum atomic E-state index is -0.0445. The van der Waals surface area contributed by atoms with Crippen LogP contribution in [0, 0.1) is 0 Å². The standard InChI is InChI=1S/C16H18N4O/c1-20(2)9-8-18-16(21)11-5-6-14-13(10-11)12-4-3-7-17-15(12)19-14/h3-7,10H,8-9H2,1-2H3,(H,17,19)(H,18,21). The van der Waals surface area contributed by atoms with E-state index in [1.54, 1.807) is 6.20 Å². The molecular formula is C16H18N4O. The summed E-state index contributed by atoms with van der Waals surface area (Å²) in [6.07, 6.45) is 1.76. The molecule has 2 N–H and O–H groups in total. The quantitative estimate of drug-likeness (QED) is 0.769. The second kappa shape index (κ2) is 5.54. The lowest BCUT2D eigenvalue weighted by atomic mass is 10.1. The molecule has 1 amide bonds. The van der Waals surface area contributed by atoms with Crippen molar-refractivity contribution in [3.63, 3.8) is 0 Å². The van der Waals surface area contributed by atoms with E-state index in [0.717, 1.165) is 28.5 Å². The van der Waals surface area contributed by atoms with Crippen LogP contribution in [0.4, 0.5) is 0 Å². The van der Waals surface area contributed by atoms with Crippen LogP contribution in [0.2, 0.25) is 0 Å². The molecule has 5 heteroatoms. The zero-order valence-corrected chi connectivity index (χ0v) is 12.2. The van der Waals surface area contributed by atoms with Gasteiger partial charge in [0.25, 0.3) is 5.91 Å². The molecule has 21 heavy (non-hydrogen) atoms. The summed E-state index contributed by atoms with van der Waals surface area (Å²) >= 11 is 0. The molecule has 2 heterocycles. The van der Waals surface area contributed by atoms with Crippen LogP contribution in [0.5, 0.6) is 0 Å². The van der Waals surface area contributed by atoms with Crippen LogP contribution in [-0.4, -0.2) is 48.0 Å². The van der Waals surface area contributed by atoms with Crippen molar-refractivity contribution in [3.8, 4) is 0 Å². The molecule has 3 rings (SSSR count). The van der Waals surface area contributed by atoms with E-state index in [-0.39, 0.29) is 5.91 Å². The van der Waals surface area contributed by atoms with E-state index in [9.17, 15) is 4.79 Å². The van der Waals surface area contributed by atoms with Gasteiger partial charge in [0.1, 0.15) is 5.65 Å². The number of aromatic nitrogens is 2. The third kappa shape index (κ3) is 2.73. The first kappa shape index (κ1) is 13.6. The van der Waals surface area contributed by atoms with Crippen molar-refractivity contribution in [1.29, 1.82) is 0 Å². The fourth-order valence-corrected chi connectivity index (χ4v) is 2.36. The molecule has 0 bridgehead atoms. The van der Waals surface area contributed by atoms with E-state index in [2.05, 4.69) is 15.3 Å². The Hall–Kier alpha value is -2.40. The number of nitrogens with zero attached hydrogens (tertiary/aromatic N) is 2. The summed E-state index contributed by atoms with van der Waals surface area (Å²) in [4.78, 5) is 21.8. The second-order valence-electron chi connectivity index (χ2n) is 5.34. The van der Waals surface area contributed by atoms with Crippen LogP contribution in [-0.2, 0) is 0 Å². The molecule has 0 saturated carbocycles. The first-order chi connectivity index (χ1) is 10.1. The Morgan fingerprint density at radius 2 is 2.14 bits per heavy atom. The maximum absolute atomic E-state index is 12.2. The second-order valence-corrected chi connectivity index (χ2v) is 5.34. The SMILES string of the molecule is CN(C)CCNC(=O)c1ccc2[nH]c3ncccc3c2c1. The summed E-state index contributed by atoms with van der Waals surface area (Å²) < 4.78 is 0. The van der Waals surface area contributed by atoms with Crippen molar-refractivity contribution in [2.75, 3.05) is 27.2 Å². The number of likely N-dealkylation sites (N-methyl/N-ethyl adjacent to an activating group) is 1. The molecule has 0 aliphatic rings. The number of benzene rings is 1. The molecule has 0 aliphatic heterocycles. The molecule has 3 aromatic rings. The van der Waals surface area contributed by atoms with Crippen molar-refractivity contribution in [2.45, 2.75) is 0 Å². The van der Waals surface area contributed by atoms with Gasteiger partial charge in [0, 0.05) is 41.1 Å². The summed E-state index contributed by atoms with van der Waals surface area (Å²) in [6.45, 7) is 1.46. The zero-order chi connectivity index (χ0) is 14.8. The Morgan fingerprint density at radius 3 is 2.95 bits per heavy atom. The molecule has 0 radical (unpaired) electrons. The number of fused-ring (bicyclic) bond motifs is 3. The smallest absolute Gasteiger partial charge is 0.251 e. The number of H-pyrrole nitrogens is 1. The first-order valence-corrected chi connectivity index (χ1v) is 6.94. The van der Waals surface area contributed by atoms with Crippen LogP contribution in [0.15, 0.2) is 36.5 Å². The summed E-state index contributed by atoms with van der Waals surface area (Å²) in [5.41, 5.74) is 2.51. The van der Waals surface area contributed by atoms with Gasteiger partial charge in [-0.3, -0.25) is 4.79 Å². The third-order valence-electron chi connectivity index (χ3n) is 3.48. The van der Waals surface area contributed by atoms with E-state index in [0.29, 0.717) is 12.1 Å². The lowest BCUT2D eigenvalue weighted by Gasteiger charge is -2.10. The van der Waals surface area contributed by atoms with E-state index in [1.165, 1.54) is 0 Å². The topological polar surface area (TPSA) is 61.0 Å². The fraction of sp³-hybridized carbons (Fsp3) is 0.250. The van der Waals surface area contributed by atoms with Crippen LogP contribution in [0.25, 0.3) is 21.9 Å². The number of carbonyl (C=O) groups excluding carboxylic acids is 1. The lowest BCUT2D eigenvalue weighted by molar-refractivity contribution is 0.0951. The minimum Gasteiger partial charge on any atom is -0.351 e. The van der Waals surface area contributed by atoms with E-state index in [4.69, 9.17) is 0 Å². The number of carbonyl (C=O) groups is 1. The van der Waals surface area contributed by atoms with Gasteiger partial charge in [-0.25, -0.2) is 4.98 Å². The van der Waals surface area contributed by atoms with Gasteiger partial charge in [0.15, 0.2) is 0 Å². The lowest BCUT2D eigenvalue weighted by Crippen LogP contribution is -2.31. The molecular weight excluding hydrogens is 264 g/mol. The highest BCUT2D eigenvalue weighted by Gasteiger charge is 2.09. The van der Waals surface area contributed by atoms with Crippen molar-refractivity contribution >= 4 is 27.8 Å². The highest BCUT2D eigenvalue weighted by atomic mass is 16.1. The summed E-state index contributed by atoms with van der Waals surface area (Å²) in [7, 11) is 3.97. The Morgan fingerprint density at radius 1 is 1.29 bits per heavy atom. The van der Waals surface area contributed by atoms with Gasteiger partial charge in [-0.1, -0.05) is 0 Å². The van der Waals surface area contributed by atoms with E-state index < -0.39 is 0 Å². The molecule has 2 aromatic heterocycles. The molecule has 0 fully saturated rings. The molecule has 0 atom stereocenters. The van der Waals surface area contributed by atoms with Crippen molar-refractivity contribution in [1.82, 2.24) is 20.2 Å². The highest BCUT2D eigenvalue weighted by molar-refractivity contribution is 6.08. The number of nitrogens with one attached hydrogen (secondary N) is 2. The molecule has 0 aliphatic carbocycles. The zero-order valence-electron chi connectivity index (χ0n) is 12.2. The molecule has 108 valence electrons. The van der Waals surface area contributed by atoms with Crippen molar-refractivity contribution in [2.24, 2.45) is 0 Å². The van der Waals surface area contributed by atoms with Gasteiger partial charge in [-0.15, -0.1) is 0 Å².